The molecule has 6 heteroatoms. The van der Waals surface area contributed by atoms with Crippen LogP contribution in [-0.4, -0.2) is 23.6 Å². The second-order valence-electron chi connectivity index (χ2n) is 5.05. The van der Waals surface area contributed by atoms with E-state index in [9.17, 15) is 4.79 Å². The number of carbonyl (C=O) groups is 1. The third-order valence-corrected chi connectivity index (χ3v) is 4.49. The smallest absolute Gasteiger partial charge is 0.315 e. The SMILES string of the molecule is O=C(NCCc1csc(-c2ccccc2Cl)n1)NC1CC1. The predicted molar refractivity (Wildman–Crippen MR) is 85.8 cm³/mol. The van der Waals surface area contributed by atoms with E-state index in [1.165, 1.54) is 0 Å². The number of benzene rings is 1. The minimum Gasteiger partial charge on any atom is -0.338 e. The molecule has 1 aliphatic carbocycles. The molecule has 110 valence electrons. The lowest BCUT2D eigenvalue weighted by Gasteiger charge is -2.05. The van der Waals surface area contributed by atoms with Gasteiger partial charge < -0.3 is 10.6 Å². The quantitative estimate of drug-likeness (QED) is 0.886. The number of nitrogens with one attached hydrogen (secondary N) is 2. The number of hydrogen-bond donors (Lipinski definition) is 2. The Bertz CT molecular complexity index is 639. The van der Waals surface area contributed by atoms with Crippen LogP contribution in [0, 0.1) is 0 Å². The summed E-state index contributed by atoms with van der Waals surface area (Å²) in [5.41, 5.74) is 1.93. The van der Waals surface area contributed by atoms with Crippen molar-refractivity contribution in [3.05, 3.63) is 40.4 Å². The number of thiazole rings is 1. The fourth-order valence-corrected chi connectivity index (χ4v) is 3.12. The molecule has 0 atom stereocenters. The van der Waals surface area contributed by atoms with Gasteiger partial charge in [-0.3, -0.25) is 0 Å². The van der Waals surface area contributed by atoms with Crippen molar-refractivity contribution in [2.24, 2.45) is 0 Å². The Morgan fingerprint density at radius 3 is 2.95 bits per heavy atom. The molecule has 1 aliphatic rings. The number of nitrogens with zero attached hydrogens (tertiary/aromatic N) is 1. The van der Waals surface area contributed by atoms with E-state index in [0.29, 0.717) is 17.6 Å². The number of amides is 2. The number of rotatable bonds is 5. The van der Waals surface area contributed by atoms with Crippen molar-refractivity contribution in [2.75, 3.05) is 6.54 Å². The maximum Gasteiger partial charge on any atom is 0.315 e. The van der Waals surface area contributed by atoms with Crippen LogP contribution in [0.25, 0.3) is 10.6 Å². The number of urea groups is 1. The van der Waals surface area contributed by atoms with E-state index in [2.05, 4.69) is 15.6 Å². The van der Waals surface area contributed by atoms with Gasteiger partial charge in [0.05, 0.1) is 10.7 Å². The molecule has 0 spiro atoms. The predicted octanol–water partition coefficient (Wildman–Crippen LogP) is 3.47. The molecule has 0 aliphatic heterocycles. The third-order valence-electron chi connectivity index (χ3n) is 3.24. The van der Waals surface area contributed by atoms with Crippen LogP contribution in [0.1, 0.15) is 18.5 Å². The van der Waals surface area contributed by atoms with Gasteiger partial charge in [-0.05, 0) is 18.9 Å². The number of aromatic nitrogens is 1. The molecule has 3 rings (SSSR count). The first kappa shape index (κ1) is 14.4. The number of hydrogen-bond acceptors (Lipinski definition) is 3. The summed E-state index contributed by atoms with van der Waals surface area (Å²) in [5, 5.41) is 9.38. The Hall–Kier alpha value is -1.59. The van der Waals surface area contributed by atoms with Crippen molar-refractivity contribution in [3.63, 3.8) is 0 Å². The van der Waals surface area contributed by atoms with Gasteiger partial charge in [-0.25, -0.2) is 9.78 Å². The standard InChI is InChI=1S/C15H16ClN3OS/c16-13-4-2-1-3-12(13)14-18-11(9-21-14)7-8-17-15(20)19-10-5-6-10/h1-4,9-10H,5-8H2,(H2,17,19,20). The van der Waals surface area contributed by atoms with E-state index in [-0.39, 0.29) is 6.03 Å². The fourth-order valence-electron chi connectivity index (χ4n) is 1.95. The molecular weight excluding hydrogens is 306 g/mol. The summed E-state index contributed by atoms with van der Waals surface area (Å²) in [6.45, 7) is 0.588. The summed E-state index contributed by atoms with van der Waals surface area (Å²) >= 11 is 7.74. The molecule has 0 bridgehead atoms. The van der Waals surface area contributed by atoms with Crippen LogP contribution >= 0.6 is 22.9 Å². The van der Waals surface area contributed by atoms with Gasteiger partial charge in [-0.1, -0.05) is 29.8 Å². The van der Waals surface area contributed by atoms with Gasteiger partial charge in [0, 0.05) is 30.0 Å². The van der Waals surface area contributed by atoms with Gasteiger partial charge in [-0.15, -0.1) is 11.3 Å². The van der Waals surface area contributed by atoms with Crippen molar-refractivity contribution in [1.82, 2.24) is 15.6 Å². The van der Waals surface area contributed by atoms with E-state index in [1.807, 2.05) is 29.6 Å². The van der Waals surface area contributed by atoms with E-state index in [4.69, 9.17) is 11.6 Å². The van der Waals surface area contributed by atoms with Gasteiger partial charge in [0.15, 0.2) is 0 Å². The maximum atomic E-state index is 11.5. The van der Waals surface area contributed by atoms with Crippen molar-refractivity contribution in [1.29, 1.82) is 0 Å². The number of carbonyl (C=O) groups excluding carboxylic acids is 1. The largest absolute Gasteiger partial charge is 0.338 e. The fraction of sp³-hybridized carbons (Fsp3) is 0.333. The molecule has 2 amide bonds. The Morgan fingerprint density at radius 1 is 1.38 bits per heavy atom. The topological polar surface area (TPSA) is 54.0 Å². The average Bonchev–Trinajstić information content (AvgIpc) is 3.15. The zero-order valence-corrected chi connectivity index (χ0v) is 13.0. The molecule has 0 saturated heterocycles. The van der Waals surface area contributed by atoms with Crippen LogP contribution in [0.5, 0.6) is 0 Å². The van der Waals surface area contributed by atoms with Crippen molar-refractivity contribution in [2.45, 2.75) is 25.3 Å². The van der Waals surface area contributed by atoms with Crippen LogP contribution in [0.3, 0.4) is 0 Å². The Balaban J connectivity index is 1.53. The molecule has 1 aromatic heterocycles. The Labute approximate surface area is 132 Å². The van der Waals surface area contributed by atoms with Gasteiger partial charge in [0.2, 0.25) is 0 Å². The van der Waals surface area contributed by atoms with E-state index >= 15 is 0 Å². The van der Waals surface area contributed by atoms with Gasteiger partial charge >= 0.3 is 6.03 Å². The van der Waals surface area contributed by atoms with Gasteiger partial charge in [0.1, 0.15) is 5.01 Å². The molecule has 21 heavy (non-hydrogen) atoms. The summed E-state index contributed by atoms with van der Waals surface area (Å²) in [7, 11) is 0. The molecule has 0 radical (unpaired) electrons. The van der Waals surface area contributed by atoms with Gasteiger partial charge in [0.25, 0.3) is 0 Å². The second kappa shape index (κ2) is 6.45. The van der Waals surface area contributed by atoms with Crippen molar-refractivity contribution < 1.29 is 4.79 Å². The zero-order valence-electron chi connectivity index (χ0n) is 11.4. The first-order valence-electron chi connectivity index (χ1n) is 6.96. The molecular formula is C15H16ClN3OS. The second-order valence-corrected chi connectivity index (χ2v) is 6.31. The highest BCUT2D eigenvalue weighted by Crippen LogP contribution is 2.30. The molecule has 0 unspecified atom stereocenters. The first-order valence-corrected chi connectivity index (χ1v) is 8.22. The molecule has 1 fully saturated rings. The maximum absolute atomic E-state index is 11.5. The van der Waals surface area contributed by atoms with E-state index in [1.54, 1.807) is 11.3 Å². The summed E-state index contributed by atoms with van der Waals surface area (Å²) in [6.07, 6.45) is 2.92. The minimum absolute atomic E-state index is 0.0842. The monoisotopic (exact) mass is 321 g/mol. The molecule has 2 N–H and O–H groups in total. The molecule has 2 aromatic rings. The Morgan fingerprint density at radius 2 is 2.19 bits per heavy atom. The highest BCUT2D eigenvalue weighted by Gasteiger charge is 2.22. The van der Waals surface area contributed by atoms with Gasteiger partial charge in [-0.2, -0.15) is 0 Å². The van der Waals surface area contributed by atoms with Crippen LogP contribution in [0.4, 0.5) is 4.79 Å². The highest BCUT2D eigenvalue weighted by atomic mass is 35.5. The Kier molecular flexibility index (Phi) is 4.41. The molecule has 1 aromatic carbocycles. The molecule has 4 nitrogen and oxygen atoms in total. The van der Waals surface area contributed by atoms with Crippen molar-refractivity contribution >= 4 is 29.0 Å². The van der Waals surface area contributed by atoms with Crippen LogP contribution in [0.2, 0.25) is 5.02 Å². The minimum atomic E-state index is -0.0842. The highest BCUT2D eigenvalue weighted by molar-refractivity contribution is 7.13. The summed E-state index contributed by atoms with van der Waals surface area (Å²) in [6, 6.07) is 7.98. The summed E-state index contributed by atoms with van der Waals surface area (Å²) < 4.78 is 0. The first-order chi connectivity index (χ1) is 10.2. The van der Waals surface area contributed by atoms with Crippen LogP contribution in [0.15, 0.2) is 29.6 Å². The lowest BCUT2D eigenvalue weighted by atomic mass is 10.2. The van der Waals surface area contributed by atoms with Crippen molar-refractivity contribution in [3.8, 4) is 10.6 Å². The lowest BCUT2D eigenvalue weighted by molar-refractivity contribution is 0.240. The third kappa shape index (κ3) is 3.95. The van der Waals surface area contributed by atoms with E-state index in [0.717, 1.165) is 35.5 Å². The van der Waals surface area contributed by atoms with Crippen LogP contribution < -0.4 is 10.6 Å². The van der Waals surface area contributed by atoms with E-state index < -0.39 is 0 Å². The lowest BCUT2D eigenvalue weighted by Crippen LogP contribution is -2.37. The summed E-state index contributed by atoms with van der Waals surface area (Å²) in [5.74, 6) is 0. The normalized spacial score (nSPS) is 14.0. The zero-order chi connectivity index (χ0) is 14.7. The molecule has 1 saturated carbocycles. The summed E-state index contributed by atoms with van der Waals surface area (Å²) in [4.78, 5) is 16.1. The van der Waals surface area contributed by atoms with Crippen LogP contribution in [-0.2, 0) is 6.42 Å². The average molecular weight is 322 g/mol. The number of halogens is 1. The molecule has 1 heterocycles.